The summed E-state index contributed by atoms with van der Waals surface area (Å²) in [4.78, 5) is 20.1. The van der Waals surface area contributed by atoms with Crippen LogP contribution in [0.2, 0.25) is 0 Å². The Balaban J connectivity index is 1.48. The fraction of sp³-hybridized carbons (Fsp3) is 0.476. The third kappa shape index (κ3) is 2.88. The quantitative estimate of drug-likeness (QED) is 0.718. The average Bonchev–Trinajstić information content (AvgIpc) is 3.31. The molecule has 1 unspecified atom stereocenters. The molecule has 1 atom stereocenters. The maximum absolute atomic E-state index is 12.8. The lowest BCUT2D eigenvalue weighted by atomic mass is 10.1. The summed E-state index contributed by atoms with van der Waals surface area (Å²) in [6, 6.07) is 10.1. The smallest absolute Gasteiger partial charge is 0.261 e. The largest absolute Gasteiger partial charge is 0.298 e. The third-order valence-corrected chi connectivity index (χ3v) is 6.01. The molecule has 0 N–H and O–H groups in total. The summed E-state index contributed by atoms with van der Waals surface area (Å²) in [5.41, 5.74) is 3.34. The highest BCUT2D eigenvalue weighted by Crippen LogP contribution is 2.32. The van der Waals surface area contributed by atoms with Crippen LogP contribution in [0.25, 0.3) is 10.9 Å². The van der Waals surface area contributed by atoms with E-state index in [0.717, 1.165) is 55.9 Å². The van der Waals surface area contributed by atoms with E-state index in [9.17, 15) is 4.79 Å². The first kappa shape index (κ1) is 16.7. The van der Waals surface area contributed by atoms with Crippen LogP contribution in [0.1, 0.15) is 48.9 Å². The zero-order chi connectivity index (χ0) is 18.4. The molecule has 6 heteroatoms. The van der Waals surface area contributed by atoms with E-state index in [1.807, 2.05) is 31.3 Å². The van der Waals surface area contributed by atoms with Gasteiger partial charge in [0.1, 0.15) is 5.82 Å². The second kappa shape index (κ2) is 6.60. The monoisotopic (exact) mass is 363 g/mol. The first-order valence-electron chi connectivity index (χ1n) is 9.96. The SMILES string of the molecule is Cn1c(C2CCCN2Cc2cc3n(n2)CCCC3)nc2ccccc2c1=O. The normalized spacial score (nSPS) is 20.3. The van der Waals surface area contributed by atoms with Gasteiger partial charge in [0.15, 0.2) is 0 Å². The van der Waals surface area contributed by atoms with Crippen molar-refractivity contribution in [2.24, 2.45) is 7.05 Å². The van der Waals surface area contributed by atoms with Gasteiger partial charge >= 0.3 is 0 Å². The van der Waals surface area contributed by atoms with Gasteiger partial charge in [-0.2, -0.15) is 5.10 Å². The molecule has 5 rings (SSSR count). The summed E-state index contributed by atoms with van der Waals surface area (Å²) >= 11 is 0. The van der Waals surface area contributed by atoms with Crippen molar-refractivity contribution in [2.45, 2.75) is 51.2 Å². The van der Waals surface area contributed by atoms with Gasteiger partial charge in [0.2, 0.25) is 0 Å². The first-order valence-corrected chi connectivity index (χ1v) is 9.96. The molecule has 2 aliphatic rings. The molecule has 1 saturated heterocycles. The van der Waals surface area contributed by atoms with Gasteiger partial charge in [0, 0.05) is 25.8 Å². The van der Waals surface area contributed by atoms with Gasteiger partial charge in [-0.1, -0.05) is 12.1 Å². The van der Waals surface area contributed by atoms with Gasteiger partial charge in [-0.3, -0.25) is 18.9 Å². The van der Waals surface area contributed by atoms with Crippen LogP contribution in [-0.4, -0.2) is 30.8 Å². The molecule has 4 heterocycles. The lowest BCUT2D eigenvalue weighted by molar-refractivity contribution is 0.231. The van der Waals surface area contributed by atoms with E-state index in [1.165, 1.54) is 18.5 Å². The summed E-state index contributed by atoms with van der Waals surface area (Å²) in [6.45, 7) is 2.89. The first-order chi connectivity index (χ1) is 13.2. The molecule has 0 radical (unpaired) electrons. The van der Waals surface area contributed by atoms with E-state index in [4.69, 9.17) is 10.1 Å². The molecular weight excluding hydrogens is 338 g/mol. The maximum atomic E-state index is 12.8. The van der Waals surface area contributed by atoms with Crippen LogP contribution < -0.4 is 5.56 Å². The standard InChI is InChI=1S/C21H25N5O/c1-24-20(22-18-9-3-2-8-17(18)21(24)27)19-10-6-11-25(19)14-15-13-16-7-4-5-12-26(16)23-15/h2-3,8-9,13,19H,4-7,10-12,14H2,1H3. The number of likely N-dealkylation sites (tertiary alicyclic amines) is 1. The average molecular weight is 363 g/mol. The second-order valence-corrected chi connectivity index (χ2v) is 7.79. The van der Waals surface area contributed by atoms with Crippen LogP contribution in [-0.2, 0) is 26.6 Å². The molecule has 27 heavy (non-hydrogen) atoms. The Labute approximate surface area is 158 Å². The van der Waals surface area contributed by atoms with Crippen molar-refractivity contribution in [1.82, 2.24) is 24.2 Å². The minimum atomic E-state index is 0.0416. The maximum Gasteiger partial charge on any atom is 0.261 e. The van der Waals surface area contributed by atoms with Gasteiger partial charge in [-0.15, -0.1) is 0 Å². The van der Waals surface area contributed by atoms with Crippen LogP contribution in [0.15, 0.2) is 35.1 Å². The zero-order valence-corrected chi connectivity index (χ0v) is 15.8. The Morgan fingerprint density at radius 2 is 2.04 bits per heavy atom. The molecule has 0 aliphatic carbocycles. The Bertz CT molecular complexity index is 1030. The van der Waals surface area contributed by atoms with Crippen molar-refractivity contribution in [3.8, 4) is 0 Å². The molecule has 0 saturated carbocycles. The Kier molecular flexibility index (Phi) is 4.08. The third-order valence-electron chi connectivity index (χ3n) is 6.01. The van der Waals surface area contributed by atoms with Crippen molar-refractivity contribution in [1.29, 1.82) is 0 Å². The van der Waals surface area contributed by atoms with Crippen molar-refractivity contribution >= 4 is 10.9 Å². The number of hydrogen-bond acceptors (Lipinski definition) is 4. The lowest BCUT2D eigenvalue weighted by Crippen LogP contribution is -2.30. The lowest BCUT2D eigenvalue weighted by Gasteiger charge is -2.24. The minimum absolute atomic E-state index is 0.0416. The van der Waals surface area contributed by atoms with E-state index in [2.05, 4.69) is 15.6 Å². The van der Waals surface area contributed by atoms with Gasteiger partial charge in [0.05, 0.1) is 22.6 Å². The fourth-order valence-corrected chi connectivity index (χ4v) is 4.60. The van der Waals surface area contributed by atoms with Gasteiger partial charge in [0.25, 0.3) is 5.56 Å². The zero-order valence-electron chi connectivity index (χ0n) is 15.8. The second-order valence-electron chi connectivity index (χ2n) is 7.79. The number of para-hydroxylation sites is 1. The summed E-state index contributed by atoms with van der Waals surface area (Å²) in [6.07, 6.45) is 5.79. The number of rotatable bonds is 3. The summed E-state index contributed by atoms with van der Waals surface area (Å²) in [5.74, 6) is 0.875. The number of aromatic nitrogens is 4. The molecule has 2 aromatic heterocycles. The van der Waals surface area contributed by atoms with Crippen molar-refractivity contribution < 1.29 is 0 Å². The molecule has 2 aliphatic heterocycles. The van der Waals surface area contributed by atoms with E-state index in [-0.39, 0.29) is 11.6 Å². The van der Waals surface area contributed by atoms with Gasteiger partial charge in [-0.25, -0.2) is 4.98 Å². The van der Waals surface area contributed by atoms with Crippen LogP contribution >= 0.6 is 0 Å². The molecule has 1 aromatic carbocycles. The molecule has 0 bridgehead atoms. The number of benzene rings is 1. The summed E-state index contributed by atoms with van der Waals surface area (Å²) in [5, 5.41) is 5.51. The van der Waals surface area contributed by atoms with E-state index < -0.39 is 0 Å². The highest BCUT2D eigenvalue weighted by Gasteiger charge is 2.30. The van der Waals surface area contributed by atoms with Crippen LogP contribution in [0.5, 0.6) is 0 Å². The number of aryl methyl sites for hydroxylation is 2. The fourth-order valence-electron chi connectivity index (χ4n) is 4.60. The minimum Gasteiger partial charge on any atom is -0.298 e. The Morgan fingerprint density at radius 3 is 2.93 bits per heavy atom. The Hall–Kier alpha value is -2.47. The van der Waals surface area contributed by atoms with Crippen LogP contribution in [0.4, 0.5) is 0 Å². The molecular formula is C21H25N5O. The topological polar surface area (TPSA) is 56.0 Å². The Morgan fingerprint density at radius 1 is 1.15 bits per heavy atom. The highest BCUT2D eigenvalue weighted by molar-refractivity contribution is 5.77. The van der Waals surface area contributed by atoms with Crippen molar-refractivity contribution in [3.05, 3.63) is 57.9 Å². The predicted molar refractivity (Wildman–Crippen MR) is 105 cm³/mol. The molecule has 140 valence electrons. The van der Waals surface area contributed by atoms with E-state index >= 15 is 0 Å². The van der Waals surface area contributed by atoms with Gasteiger partial charge in [-0.05, 0) is 56.8 Å². The molecule has 3 aromatic rings. The van der Waals surface area contributed by atoms with Crippen LogP contribution in [0, 0.1) is 0 Å². The van der Waals surface area contributed by atoms with Crippen molar-refractivity contribution in [3.63, 3.8) is 0 Å². The van der Waals surface area contributed by atoms with E-state index in [0.29, 0.717) is 5.39 Å². The number of nitrogens with zero attached hydrogens (tertiary/aromatic N) is 5. The van der Waals surface area contributed by atoms with Crippen LogP contribution in [0.3, 0.4) is 0 Å². The summed E-state index contributed by atoms with van der Waals surface area (Å²) < 4.78 is 3.91. The molecule has 0 spiro atoms. The molecule has 0 amide bonds. The number of fused-ring (bicyclic) bond motifs is 2. The molecule has 6 nitrogen and oxygen atoms in total. The van der Waals surface area contributed by atoms with E-state index in [1.54, 1.807) is 4.57 Å². The number of hydrogen-bond donors (Lipinski definition) is 0. The predicted octanol–water partition coefficient (Wildman–Crippen LogP) is 2.80. The molecule has 1 fully saturated rings. The van der Waals surface area contributed by atoms with Gasteiger partial charge < -0.3 is 0 Å². The summed E-state index contributed by atoms with van der Waals surface area (Å²) in [7, 11) is 1.85. The van der Waals surface area contributed by atoms with Crippen molar-refractivity contribution in [2.75, 3.05) is 6.54 Å². The highest BCUT2D eigenvalue weighted by atomic mass is 16.1.